The largest absolute Gasteiger partial charge is 0.365 e. The van der Waals surface area contributed by atoms with E-state index in [-0.39, 0.29) is 0 Å². The fourth-order valence-corrected chi connectivity index (χ4v) is 6.22. The van der Waals surface area contributed by atoms with E-state index in [1.54, 1.807) is 13.0 Å². The molecule has 0 saturated carbocycles. The van der Waals surface area contributed by atoms with Crippen molar-refractivity contribution in [1.29, 1.82) is 0 Å². The molecule has 9 heteroatoms. The lowest BCUT2D eigenvalue weighted by molar-refractivity contribution is -0.133. The van der Waals surface area contributed by atoms with Crippen molar-refractivity contribution in [2.75, 3.05) is 11.9 Å². The third-order valence-electron chi connectivity index (χ3n) is 6.58. The molecule has 1 aliphatic heterocycles. The topological polar surface area (TPSA) is 122 Å². The molecule has 1 fully saturated rings. The number of nitrogens with one attached hydrogen (secondary N) is 2. The third-order valence-corrected chi connectivity index (χ3v) is 7.78. The van der Waals surface area contributed by atoms with Gasteiger partial charge in [0.05, 0.1) is 5.56 Å². The molecule has 2 aromatic carbocycles. The highest BCUT2D eigenvalue weighted by molar-refractivity contribution is 7.17. The van der Waals surface area contributed by atoms with E-state index in [1.807, 2.05) is 36.4 Å². The molecule has 2 aliphatic rings. The van der Waals surface area contributed by atoms with E-state index in [0.717, 1.165) is 51.8 Å². The van der Waals surface area contributed by atoms with E-state index in [2.05, 4.69) is 10.6 Å². The minimum Gasteiger partial charge on any atom is -0.365 e. The Balaban J connectivity index is 1.39. The molecule has 8 nitrogen and oxygen atoms in total. The SMILES string of the molecule is CC1(c2cccc3ccccc23)NC(=O)N(CC(=O)Nc2sc3c(c2C(N)=O)CCCC3)C1=O. The molecule has 0 bridgehead atoms. The number of fused-ring (bicyclic) bond motifs is 2. The molecule has 1 saturated heterocycles. The molecular formula is C25H24N4O4S. The highest BCUT2D eigenvalue weighted by atomic mass is 32.1. The Morgan fingerprint density at radius 3 is 2.65 bits per heavy atom. The number of thiophene rings is 1. The Bertz CT molecular complexity index is 1360. The summed E-state index contributed by atoms with van der Waals surface area (Å²) in [5.41, 5.74) is 6.19. The van der Waals surface area contributed by atoms with Crippen molar-refractivity contribution in [2.45, 2.75) is 38.1 Å². The van der Waals surface area contributed by atoms with Gasteiger partial charge in [-0.05, 0) is 54.5 Å². The number of benzene rings is 2. The Morgan fingerprint density at radius 1 is 1.12 bits per heavy atom. The Hall–Kier alpha value is -3.72. The maximum Gasteiger partial charge on any atom is 0.325 e. The quantitative estimate of drug-likeness (QED) is 0.489. The summed E-state index contributed by atoms with van der Waals surface area (Å²) in [5.74, 6) is -1.66. The number of carbonyl (C=O) groups excluding carboxylic acids is 4. The van der Waals surface area contributed by atoms with Crippen LogP contribution in [0.3, 0.4) is 0 Å². The monoisotopic (exact) mass is 476 g/mol. The van der Waals surface area contributed by atoms with Crippen molar-refractivity contribution < 1.29 is 19.2 Å². The molecule has 174 valence electrons. The predicted octanol–water partition coefficient (Wildman–Crippen LogP) is 3.28. The van der Waals surface area contributed by atoms with Gasteiger partial charge in [0.15, 0.2) is 0 Å². The number of hydrogen-bond acceptors (Lipinski definition) is 5. The average molecular weight is 477 g/mol. The van der Waals surface area contributed by atoms with E-state index >= 15 is 0 Å². The summed E-state index contributed by atoms with van der Waals surface area (Å²) in [4.78, 5) is 53.1. The number of urea groups is 1. The highest BCUT2D eigenvalue weighted by Crippen LogP contribution is 2.38. The zero-order chi connectivity index (χ0) is 24.0. The van der Waals surface area contributed by atoms with E-state index in [0.29, 0.717) is 16.1 Å². The van der Waals surface area contributed by atoms with Gasteiger partial charge in [0.1, 0.15) is 17.1 Å². The van der Waals surface area contributed by atoms with Gasteiger partial charge in [0.2, 0.25) is 5.91 Å². The normalized spacial score (nSPS) is 19.7. The maximum atomic E-state index is 13.4. The Kier molecular flexibility index (Phi) is 5.36. The van der Waals surface area contributed by atoms with Crippen LogP contribution in [0.1, 0.15) is 46.1 Å². The van der Waals surface area contributed by atoms with Crippen LogP contribution in [0.25, 0.3) is 10.8 Å². The summed E-state index contributed by atoms with van der Waals surface area (Å²) in [7, 11) is 0. The van der Waals surface area contributed by atoms with Crippen LogP contribution >= 0.6 is 11.3 Å². The van der Waals surface area contributed by atoms with Crippen molar-refractivity contribution in [2.24, 2.45) is 5.73 Å². The van der Waals surface area contributed by atoms with Crippen LogP contribution in [0, 0.1) is 0 Å². The molecule has 1 aromatic heterocycles. The Morgan fingerprint density at radius 2 is 1.85 bits per heavy atom. The predicted molar refractivity (Wildman–Crippen MR) is 130 cm³/mol. The highest BCUT2D eigenvalue weighted by Gasteiger charge is 2.50. The second kappa shape index (κ2) is 8.25. The number of amides is 5. The Labute approximate surface area is 200 Å². The lowest BCUT2D eigenvalue weighted by atomic mass is 9.88. The molecule has 3 aromatic rings. The number of hydrogen-bond donors (Lipinski definition) is 3. The lowest BCUT2D eigenvalue weighted by Gasteiger charge is -2.24. The number of rotatable bonds is 5. The summed E-state index contributed by atoms with van der Waals surface area (Å²) in [6, 6.07) is 12.5. The summed E-state index contributed by atoms with van der Waals surface area (Å²) >= 11 is 1.34. The number of imide groups is 1. The molecule has 1 aliphatic carbocycles. The van der Waals surface area contributed by atoms with Gasteiger partial charge in [0, 0.05) is 4.88 Å². The lowest BCUT2D eigenvalue weighted by Crippen LogP contribution is -2.42. The maximum absolute atomic E-state index is 13.4. The number of carbonyl (C=O) groups is 4. The zero-order valence-corrected chi connectivity index (χ0v) is 19.5. The molecule has 0 radical (unpaired) electrons. The van der Waals surface area contributed by atoms with Crippen molar-refractivity contribution in [3.8, 4) is 0 Å². The van der Waals surface area contributed by atoms with Gasteiger partial charge in [-0.15, -0.1) is 11.3 Å². The number of nitrogens with two attached hydrogens (primary N) is 1. The van der Waals surface area contributed by atoms with Crippen LogP contribution in [-0.4, -0.2) is 35.2 Å². The smallest absolute Gasteiger partial charge is 0.325 e. The molecule has 0 spiro atoms. The third kappa shape index (κ3) is 3.52. The average Bonchev–Trinajstić information content (AvgIpc) is 3.28. The summed E-state index contributed by atoms with van der Waals surface area (Å²) in [6.07, 6.45) is 3.57. The first-order valence-electron chi connectivity index (χ1n) is 11.2. The van der Waals surface area contributed by atoms with Crippen LogP contribution in [0.4, 0.5) is 9.80 Å². The fraction of sp³-hybridized carbons (Fsp3) is 0.280. The number of anilines is 1. The number of aryl methyl sites for hydroxylation is 1. The standard InChI is InChI=1S/C25H24N4O4S/c1-25(17-11-6-8-14-7-2-3-9-15(14)17)23(32)29(24(33)28-25)13-19(30)27-22-20(21(26)31)16-10-4-5-12-18(16)34-22/h2-3,6-9,11H,4-5,10,12-13H2,1H3,(H2,26,31)(H,27,30)(H,28,33). The summed E-state index contributed by atoms with van der Waals surface area (Å²) < 4.78 is 0. The summed E-state index contributed by atoms with van der Waals surface area (Å²) in [6.45, 7) is 1.18. The van der Waals surface area contributed by atoms with Crippen LogP contribution in [0.5, 0.6) is 0 Å². The minimum absolute atomic E-state index is 0.339. The fourth-order valence-electron chi connectivity index (χ4n) is 4.91. The minimum atomic E-state index is -1.31. The van der Waals surface area contributed by atoms with Crippen LogP contribution in [0.15, 0.2) is 42.5 Å². The molecule has 5 amide bonds. The number of nitrogens with zero attached hydrogens (tertiary/aromatic N) is 1. The van der Waals surface area contributed by atoms with Crippen molar-refractivity contribution in [1.82, 2.24) is 10.2 Å². The second-order valence-corrected chi connectivity index (χ2v) is 9.91. The molecule has 5 rings (SSSR count). The second-order valence-electron chi connectivity index (χ2n) is 8.80. The van der Waals surface area contributed by atoms with Gasteiger partial charge in [-0.3, -0.25) is 19.3 Å². The van der Waals surface area contributed by atoms with Crippen molar-refractivity contribution in [3.05, 3.63) is 64.0 Å². The number of primary amides is 1. The van der Waals surface area contributed by atoms with E-state index in [4.69, 9.17) is 5.73 Å². The van der Waals surface area contributed by atoms with Gasteiger partial charge in [-0.2, -0.15) is 0 Å². The first kappa shape index (κ1) is 22.1. The zero-order valence-electron chi connectivity index (χ0n) is 18.6. The van der Waals surface area contributed by atoms with Crippen molar-refractivity contribution >= 4 is 50.9 Å². The van der Waals surface area contributed by atoms with E-state index < -0.39 is 35.8 Å². The molecule has 2 heterocycles. The van der Waals surface area contributed by atoms with E-state index in [9.17, 15) is 19.2 Å². The van der Waals surface area contributed by atoms with Gasteiger partial charge < -0.3 is 16.4 Å². The first-order valence-corrected chi connectivity index (χ1v) is 12.0. The van der Waals surface area contributed by atoms with Crippen molar-refractivity contribution in [3.63, 3.8) is 0 Å². The van der Waals surface area contributed by atoms with E-state index in [1.165, 1.54) is 11.3 Å². The summed E-state index contributed by atoms with van der Waals surface area (Å²) in [5, 5.41) is 7.66. The molecule has 34 heavy (non-hydrogen) atoms. The van der Waals surface area contributed by atoms with Gasteiger partial charge >= 0.3 is 6.03 Å². The molecule has 4 N–H and O–H groups in total. The molecule has 1 atom stereocenters. The van der Waals surface area contributed by atoms with Crippen LogP contribution in [0.2, 0.25) is 0 Å². The van der Waals surface area contributed by atoms with Crippen LogP contribution < -0.4 is 16.4 Å². The molecule has 1 unspecified atom stereocenters. The van der Waals surface area contributed by atoms with Gasteiger partial charge in [-0.1, -0.05) is 42.5 Å². The molecular weight excluding hydrogens is 452 g/mol. The van der Waals surface area contributed by atoms with Crippen LogP contribution in [-0.2, 0) is 28.0 Å². The van der Waals surface area contributed by atoms with Gasteiger partial charge in [0.25, 0.3) is 11.8 Å². The van der Waals surface area contributed by atoms with Gasteiger partial charge in [-0.25, -0.2) is 4.79 Å². The first-order chi connectivity index (χ1) is 16.3.